The second-order valence-corrected chi connectivity index (χ2v) is 15.1. The number of aromatic nitrogens is 1. The third-order valence-electron chi connectivity index (χ3n) is 10.8. The third kappa shape index (κ3) is 4.65. The molecule has 0 atom stereocenters. The minimum atomic E-state index is -0.543. The number of rotatable bonds is 5. The van der Waals surface area contributed by atoms with Gasteiger partial charge in [0.15, 0.2) is 0 Å². The minimum Gasteiger partial charge on any atom is -0.497 e. The first-order valence-corrected chi connectivity index (χ1v) is 17.8. The molecule has 0 aliphatic heterocycles. The number of hydrogen-bond donors (Lipinski definition) is 0. The van der Waals surface area contributed by atoms with Gasteiger partial charge in [0.2, 0.25) is 0 Å². The van der Waals surface area contributed by atoms with E-state index in [0.29, 0.717) is 0 Å². The van der Waals surface area contributed by atoms with Gasteiger partial charge in [0.25, 0.3) is 0 Å². The van der Waals surface area contributed by atoms with Crippen molar-refractivity contribution in [3.8, 4) is 28.3 Å². The number of hydrogen-bond acceptors (Lipinski definition) is 2. The second kappa shape index (κ2) is 11.5. The number of halogens is 1. The van der Waals surface area contributed by atoms with E-state index in [2.05, 4.69) is 159 Å². The fourth-order valence-corrected chi connectivity index (χ4v) is 8.67. The highest BCUT2D eigenvalue weighted by Gasteiger charge is 2.46. The number of methoxy groups -OCH3 is 2. The van der Waals surface area contributed by atoms with Gasteiger partial charge in [-0.15, -0.1) is 0 Å². The lowest BCUT2D eigenvalue weighted by molar-refractivity contribution is 0.414. The average Bonchev–Trinajstić information content (AvgIpc) is 3.63. The minimum absolute atomic E-state index is 0.0480. The first-order valence-electron chi connectivity index (χ1n) is 17.4. The van der Waals surface area contributed by atoms with Gasteiger partial charge in [0.05, 0.1) is 35.7 Å². The van der Waals surface area contributed by atoms with Gasteiger partial charge in [-0.3, -0.25) is 0 Å². The van der Waals surface area contributed by atoms with Crippen molar-refractivity contribution >= 4 is 44.2 Å². The molecule has 1 aliphatic carbocycles. The Bertz CT molecular complexity index is 2610. The highest BCUT2D eigenvalue weighted by molar-refractivity contribution is 6.36. The molecular formula is C47H38ClNO2. The van der Waals surface area contributed by atoms with E-state index < -0.39 is 5.41 Å². The zero-order chi connectivity index (χ0) is 35.1. The zero-order valence-corrected chi connectivity index (χ0v) is 30.2. The summed E-state index contributed by atoms with van der Waals surface area (Å²) < 4.78 is 13.9. The lowest BCUT2D eigenvalue weighted by Gasteiger charge is -2.34. The van der Waals surface area contributed by atoms with E-state index in [1.54, 1.807) is 14.2 Å². The first kappa shape index (κ1) is 31.5. The summed E-state index contributed by atoms with van der Waals surface area (Å²) >= 11 is 7.25. The Hall–Kier alpha value is -5.51. The summed E-state index contributed by atoms with van der Waals surface area (Å²) in [5.74, 6) is 1.65. The van der Waals surface area contributed by atoms with Crippen molar-refractivity contribution in [2.75, 3.05) is 14.2 Å². The fraction of sp³-hybridized carbons (Fsp3) is 0.149. The standard InChI is InChI=1S/C47H38ClNO2/c1-46(2,3)33-25-40-38-21-19-36(51-5)28-44(38)49(45(40)43(48)26-33)34-17-16-29-23-39-37-20-18-35(50-4)27-42(37)47(31-12-8-6-9-13-31,32-14-10-7-11-15-32)41(39)24-30(29)22-34/h6-28H,1-5H3. The molecule has 8 aromatic rings. The summed E-state index contributed by atoms with van der Waals surface area (Å²) in [6.07, 6.45) is 0. The summed E-state index contributed by atoms with van der Waals surface area (Å²) in [5, 5.41) is 5.34. The summed E-state index contributed by atoms with van der Waals surface area (Å²) in [5.41, 5.74) is 11.1. The van der Waals surface area contributed by atoms with Crippen molar-refractivity contribution in [3.63, 3.8) is 0 Å². The molecule has 9 rings (SSSR count). The van der Waals surface area contributed by atoms with Gasteiger partial charge in [-0.2, -0.15) is 0 Å². The largest absolute Gasteiger partial charge is 0.497 e. The predicted octanol–water partition coefficient (Wildman–Crippen LogP) is 12.3. The Balaban J connectivity index is 1.36. The van der Waals surface area contributed by atoms with Crippen LogP contribution in [0.3, 0.4) is 0 Å². The van der Waals surface area contributed by atoms with Crippen molar-refractivity contribution in [3.05, 3.63) is 172 Å². The van der Waals surface area contributed by atoms with Gasteiger partial charge in [-0.25, -0.2) is 0 Å². The molecule has 51 heavy (non-hydrogen) atoms. The molecule has 3 nitrogen and oxygen atoms in total. The Morgan fingerprint density at radius 3 is 1.88 bits per heavy atom. The van der Waals surface area contributed by atoms with Crippen molar-refractivity contribution in [2.45, 2.75) is 31.6 Å². The van der Waals surface area contributed by atoms with Gasteiger partial charge in [0, 0.05) is 22.5 Å². The van der Waals surface area contributed by atoms with Crippen molar-refractivity contribution in [1.29, 1.82) is 0 Å². The molecular weight excluding hydrogens is 646 g/mol. The van der Waals surface area contributed by atoms with Gasteiger partial charge in [-0.05, 0) is 116 Å². The maximum absolute atomic E-state index is 7.25. The monoisotopic (exact) mass is 683 g/mol. The van der Waals surface area contributed by atoms with Crippen LogP contribution >= 0.6 is 11.6 Å². The lowest BCUT2D eigenvalue weighted by Crippen LogP contribution is -2.28. The van der Waals surface area contributed by atoms with Gasteiger partial charge >= 0.3 is 0 Å². The molecule has 0 saturated carbocycles. The van der Waals surface area contributed by atoms with Crippen molar-refractivity contribution in [1.82, 2.24) is 4.57 Å². The van der Waals surface area contributed by atoms with E-state index in [1.807, 2.05) is 6.07 Å². The molecule has 1 heterocycles. The molecule has 4 heteroatoms. The van der Waals surface area contributed by atoms with Crippen LogP contribution in [0.25, 0.3) is 49.4 Å². The molecule has 0 spiro atoms. The summed E-state index contributed by atoms with van der Waals surface area (Å²) in [7, 11) is 3.46. The van der Waals surface area contributed by atoms with E-state index in [4.69, 9.17) is 21.1 Å². The molecule has 0 saturated heterocycles. The normalized spacial score (nSPS) is 13.5. The quantitative estimate of drug-likeness (QED) is 0.180. The maximum atomic E-state index is 7.25. The van der Waals surface area contributed by atoms with Gasteiger partial charge in [0.1, 0.15) is 11.5 Å². The van der Waals surface area contributed by atoms with E-state index in [-0.39, 0.29) is 5.41 Å². The Kier molecular flexibility index (Phi) is 7.10. The van der Waals surface area contributed by atoms with Crippen LogP contribution in [0.4, 0.5) is 0 Å². The van der Waals surface area contributed by atoms with Gasteiger partial charge in [-0.1, -0.05) is 105 Å². The van der Waals surface area contributed by atoms with Crippen molar-refractivity contribution in [2.24, 2.45) is 0 Å². The fourth-order valence-electron chi connectivity index (χ4n) is 8.37. The van der Waals surface area contributed by atoms with Crippen molar-refractivity contribution < 1.29 is 9.47 Å². The van der Waals surface area contributed by atoms with Crippen LogP contribution in [-0.2, 0) is 10.8 Å². The molecule has 0 N–H and O–H groups in total. The second-order valence-electron chi connectivity index (χ2n) is 14.6. The molecule has 1 aliphatic rings. The predicted molar refractivity (Wildman–Crippen MR) is 212 cm³/mol. The molecule has 0 fully saturated rings. The smallest absolute Gasteiger partial charge is 0.120 e. The third-order valence-corrected chi connectivity index (χ3v) is 11.1. The Morgan fingerprint density at radius 2 is 1.22 bits per heavy atom. The molecule has 7 aromatic carbocycles. The SMILES string of the molecule is COc1ccc2c(c1)C(c1ccccc1)(c1ccccc1)c1cc3cc(-n4c5cc(OC)ccc5c5cc(C(C)(C)C)cc(Cl)c54)ccc3cc1-2. The highest BCUT2D eigenvalue weighted by Crippen LogP contribution is 2.57. The Morgan fingerprint density at radius 1 is 0.569 bits per heavy atom. The summed E-state index contributed by atoms with van der Waals surface area (Å²) in [6, 6.07) is 50.6. The highest BCUT2D eigenvalue weighted by atomic mass is 35.5. The lowest BCUT2D eigenvalue weighted by atomic mass is 9.67. The van der Waals surface area contributed by atoms with E-state index in [0.717, 1.165) is 49.4 Å². The molecule has 1 aromatic heterocycles. The zero-order valence-electron chi connectivity index (χ0n) is 29.4. The number of fused-ring (bicyclic) bond motifs is 7. The van der Waals surface area contributed by atoms with Crippen LogP contribution in [0.1, 0.15) is 48.6 Å². The molecule has 0 amide bonds. The van der Waals surface area contributed by atoms with Crippen LogP contribution < -0.4 is 9.47 Å². The molecule has 0 radical (unpaired) electrons. The van der Waals surface area contributed by atoms with Crippen LogP contribution in [0, 0.1) is 0 Å². The van der Waals surface area contributed by atoms with Crippen LogP contribution in [0.5, 0.6) is 11.5 Å². The van der Waals surface area contributed by atoms with E-state index in [1.165, 1.54) is 44.3 Å². The topological polar surface area (TPSA) is 23.4 Å². The van der Waals surface area contributed by atoms with E-state index in [9.17, 15) is 0 Å². The number of benzene rings is 7. The van der Waals surface area contributed by atoms with Crippen LogP contribution in [-0.4, -0.2) is 18.8 Å². The first-order chi connectivity index (χ1) is 24.7. The molecule has 0 unspecified atom stereocenters. The molecule has 0 bridgehead atoms. The van der Waals surface area contributed by atoms with E-state index >= 15 is 0 Å². The number of nitrogens with zero attached hydrogens (tertiary/aromatic N) is 1. The van der Waals surface area contributed by atoms with Crippen LogP contribution in [0.15, 0.2) is 140 Å². The average molecular weight is 684 g/mol. The maximum Gasteiger partial charge on any atom is 0.120 e. The number of ether oxygens (including phenoxy) is 2. The molecule has 250 valence electrons. The Labute approximate surface area is 303 Å². The summed E-state index contributed by atoms with van der Waals surface area (Å²) in [4.78, 5) is 0. The van der Waals surface area contributed by atoms with Crippen LogP contribution in [0.2, 0.25) is 5.02 Å². The van der Waals surface area contributed by atoms with Gasteiger partial charge < -0.3 is 14.0 Å². The summed E-state index contributed by atoms with van der Waals surface area (Å²) in [6.45, 7) is 6.69.